The van der Waals surface area contributed by atoms with Crippen molar-refractivity contribution in [3.63, 3.8) is 0 Å². The number of amides is 1. The average molecular weight is 609 g/mol. The number of H-pyrrole nitrogens is 1. The topological polar surface area (TPSA) is 115 Å². The molecule has 10 heteroatoms. The van der Waals surface area contributed by atoms with Crippen molar-refractivity contribution in [2.75, 3.05) is 7.05 Å². The van der Waals surface area contributed by atoms with Gasteiger partial charge in [-0.2, -0.15) is 5.21 Å². The van der Waals surface area contributed by atoms with Crippen LogP contribution < -0.4 is 10.1 Å². The van der Waals surface area contributed by atoms with E-state index in [0.717, 1.165) is 57.5 Å². The molecule has 1 aliphatic rings. The van der Waals surface area contributed by atoms with Gasteiger partial charge in [-0.15, -0.1) is 10.2 Å². The van der Waals surface area contributed by atoms with Gasteiger partial charge in [-0.05, 0) is 89.3 Å². The molecule has 0 saturated heterocycles. The lowest BCUT2D eigenvalue weighted by molar-refractivity contribution is 0.0963. The molecule has 1 fully saturated rings. The zero-order valence-corrected chi connectivity index (χ0v) is 25.4. The number of hydrogen-bond donors (Lipinski definition) is 2. The fourth-order valence-corrected chi connectivity index (χ4v) is 6.29. The second-order valence-corrected chi connectivity index (χ2v) is 11.5. The molecule has 7 rings (SSSR count). The Bertz CT molecular complexity index is 2040. The van der Waals surface area contributed by atoms with Crippen LogP contribution in [-0.2, 0) is 6.61 Å². The molecule has 46 heavy (non-hydrogen) atoms. The van der Waals surface area contributed by atoms with Gasteiger partial charge in [-0.1, -0.05) is 49.6 Å². The van der Waals surface area contributed by atoms with Crippen molar-refractivity contribution >= 4 is 22.6 Å². The quantitative estimate of drug-likeness (QED) is 0.173. The molecule has 2 heterocycles. The maximum absolute atomic E-state index is 12.4. The van der Waals surface area contributed by atoms with E-state index in [2.05, 4.69) is 53.6 Å². The van der Waals surface area contributed by atoms with Crippen LogP contribution in [0.3, 0.4) is 0 Å². The first-order chi connectivity index (χ1) is 22.6. The number of carbonyl (C=O) groups is 1. The molecule has 228 valence electrons. The molecule has 1 amide bonds. The Labute approximate surface area is 266 Å². The van der Waals surface area contributed by atoms with E-state index in [-0.39, 0.29) is 12.5 Å². The van der Waals surface area contributed by atoms with E-state index in [1.807, 2.05) is 48.5 Å². The standard InChI is InChI=1S/C36H32N8O2/c1-37-28-14-8-23(9-15-28)31-18-12-26(36(45)38-2)20-27(31)22-46-30-16-10-24(11-17-30)35-39-32-21-25(34-40-42-43-41-34)13-19-33(32)44(35)29-6-4-3-5-7-29/h8-21,29H,3-7,22H2,2H3,(H,38,45)(H,40,41,42,43). The molecule has 0 unspecified atom stereocenters. The maximum atomic E-state index is 12.4. The van der Waals surface area contributed by atoms with Crippen molar-refractivity contribution in [3.05, 3.63) is 107 Å². The normalized spacial score (nSPS) is 13.4. The summed E-state index contributed by atoms with van der Waals surface area (Å²) in [5.41, 5.74) is 7.78. The van der Waals surface area contributed by atoms with Crippen LogP contribution in [0.4, 0.5) is 5.69 Å². The minimum atomic E-state index is -0.161. The Hall–Kier alpha value is -5.82. The molecule has 0 spiro atoms. The van der Waals surface area contributed by atoms with Crippen LogP contribution >= 0.6 is 0 Å². The van der Waals surface area contributed by atoms with E-state index in [1.165, 1.54) is 19.3 Å². The SMILES string of the molecule is [C-]#[N+]c1ccc(-c2ccc(C(=O)NC)cc2COc2ccc(-c3nc4cc(-c5nn[nH]n5)ccc4n3C3CCCCC3)cc2)cc1. The predicted molar refractivity (Wildman–Crippen MR) is 176 cm³/mol. The minimum Gasteiger partial charge on any atom is -0.489 e. The molecule has 2 N–H and O–H groups in total. The van der Waals surface area contributed by atoms with Gasteiger partial charge in [-0.25, -0.2) is 9.83 Å². The largest absolute Gasteiger partial charge is 0.489 e. The molecule has 1 saturated carbocycles. The molecule has 1 aliphatic carbocycles. The van der Waals surface area contributed by atoms with Crippen molar-refractivity contribution in [3.8, 4) is 39.7 Å². The number of rotatable bonds is 8. The van der Waals surface area contributed by atoms with E-state index in [1.54, 1.807) is 25.2 Å². The fraction of sp³-hybridized carbons (Fsp3) is 0.222. The maximum Gasteiger partial charge on any atom is 0.251 e. The first kappa shape index (κ1) is 28.9. The lowest BCUT2D eigenvalue weighted by Gasteiger charge is -2.25. The van der Waals surface area contributed by atoms with E-state index < -0.39 is 0 Å². The van der Waals surface area contributed by atoms with Gasteiger partial charge in [0, 0.05) is 29.8 Å². The molecule has 0 radical (unpaired) electrons. The summed E-state index contributed by atoms with van der Waals surface area (Å²) in [7, 11) is 1.62. The highest BCUT2D eigenvalue weighted by Crippen LogP contribution is 2.37. The van der Waals surface area contributed by atoms with Crippen LogP contribution in [-0.4, -0.2) is 43.1 Å². The van der Waals surface area contributed by atoms with Gasteiger partial charge in [0.25, 0.3) is 5.91 Å². The van der Waals surface area contributed by atoms with Gasteiger partial charge in [0.15, 0.2) is 5.69 Å². The zero-order chi connectivity index (χ0) is 31.5. The summed E-state index contributed by atoms with van der Waals surface area (Å²) >= 11 is 0. The first-order valence-electron chi connectivity index (χ1n) is 15.4. The van der Waals surface area contributed by atoms with Crippen LogP contribution in [0.25, 0.3) is 49.8 Å². The van der Waals surface area contributed by atoms with Crippen LogP contribution in [0.15, 0.2) is 84.9 Å². The predicted octanol–water partition coefficient (Wildman–Crippen LogP) is 7.54. The number of hydrogen-bond acceptors (Lipinski definition) is 6. The third-order valence-electron chi connectivity index (χ3n) is 8.64. The van der Waals surface area contributed by atoms with Gasteiger partial charge in [-0.3, -0.25) is 4.79 Å². The molecule has 6 aromatic rings. The number of aromatic amines is 1. The van der Waals surface area contributed by atoms with Crippen LogP contribution in [0.5, 0.6) is 5.75 Å². The third kappa shape index (κ3) is 5.71. The van der Waals surface area contributed by atoms with Crippen LogP contribution in [0, 0.1) is 6.57 Å². The molecular weight excluding hydrogens is 576 g/mol. The second kappa shape index (κ2) is 12.7. The summed E-state index contributed by atoms with van der Waals surface area (Å²) in [6, 6.07) is 27.6. The number of benzene rings is 4. The number of nitrogens with one attached hydrogen (secondary N) is 2. The summed E-state index contributed by atoms with van der Waals surface area (Å²) < 4.78 is 8.69. The molecule has 2 aromatic heterocycles. The monoisotopic (exact) mass is 608 g/mol. The fourth-order valence-electron chi connectivity index (χ4n) is 6.29. The Morgan fingerprint density at radius 3 is 2.43 bits per heavy atom. The van der Waals surface area contributed by atoms with E-state index >= 15 is 0 Å². The van der Waals surface area contributed by atoms with Crippen molar-refractivity contribution in [2.24, 2.45) is 0 Å². The molecule has 0 atom stereocenters. The first-order valence-corrected chi connectivity index (χ1v) is 15.4. The van der Waals surface area contributed by atoms with E-state index in [4.69, 9.17) is 16.3 Å². The lowest BCUT2D eigenvalue weighted by atomic mass is 9.95. The highest BCUT2D eigenvalue weighted by molar-refractivity contribution is 5.95. The van der Waals surface area contributed by atoms with Crippen molar-refractivity contribution in [2.45, 2.75) is 44.8 Å². The molecular formula is C36H32N8O2. The highest BCUT2D eigenvalue weighted by atomic mass is 16.5. The number of tetrazole rings is 1. The minimum absolute atomic E-state index is 0.161. The Morgan fingerprint density at radius 1 is 0.957 bits per heavy atom. The highest BCUT2D eigenvalue weighted by Gasteiger charge is 2.23. The van der Waals surface area contributed by atoms with E-state index in [0.29, 0.717) is 28.9 Å². The number of imidazole rings is 1. The zero-order valence-electron chi connectivity index (χ0n) is 25.4. The summed E-state index contributed by atoms with van der Waals surface area (Å²) in [6.45, 7) is 7.53. The van der Waals surface area contributed by atoms with Crippen molar-refractivity contribution in [1.29, 1.82) is 0 Å². The smallest absolute Gasteiger partial charge is 0.251 e. The lowest BCUT2D eigenvalue weighted by Crippen LogP contribution is -2.18. The summed E-state index contributed by atoms with van der Waals surface area (Å²) in [5, 5.41) is 17.2. The van der Waals surface area contributed by atoms with Crippen molar-refractivity contribution in [1.82, 2.24) is 35.5 Å². The van der Waals surface area contributed by atoms with Crippen LogP contribution in [0.1, 0.15) is 54.1 Å². The molecule has 0 bridgehead atoms. The molecule has 0 aliphatic heterocycles. The van der Waals surface area contributed by atoms with Gasteiger partial charge in [0.05, 0.1) is 17.6 Å². The van der Waals surface area contributed by atoms with Gasteiger partial charge in [0.1, 0.15) is 18.2 Å². The molecule has 10 nitrogen and oxygen atoms in total. The third-order valence-corrected chi connectivity index (χ3v) is 8.64. The summed E-state index contributed by atoms with van der Waals surface area (Å²) in [4.78, 5) is 21.0. The average Bonchev–Trinajstić information content (AvgIpc) is 3.80. The summed E-state index contributed by atoms with van der Waals surface area (Å²) in [5.74, 6) is 2.03. The number of aromatic nitrogens is 6. The number of nitrogens with zero attached hydrogens (tertiary/aromatic N) is 6. The molecule has 4 aromatic carbocycles. The Kier molecular flexibility index (Phi) is 7.96. The van der Waals surface area contributed by atoms with Crippen molar-refractivity contribution < 1.29 is 9.53 Å². The second-order valence-electron chi connectivity index (χ2n) is 11.5. The number of ether oxygens (including phenoxy) is 1. The Morgan fingerprint density at radius 2 is 1.72 bits per heavy atom. The number of fused-ring (bicyclic) bond motifs is 1. The van der Waals surface area contributed by atoms with Gasteiger partial charge >= 0.3 is 0 Å². The van der Waals surface area contributed by atoms with Crippen LogP contribution in [0.2, 0.25) is 0 Å². The van der Waals surface area contributed by atoms with Gasteiger partial charge in [0.2, 0.25) is 5.82 Å². The van der Waals surface area contributed by atoms with E-state index in [9.17, 15) is 4.79 Å². The van der Waals surface area contributed by atoms with Gasteiger partial charge < -0.3 is 14.6 Å². The summed E-state index contributed by atoms with van der Waals surface area (Å²) in [6.07, 6.45) is 5.95. The Balaban J connectivity index is 1.18. The number of carbonyl (C=O) groups excluding carboxylic acids is 1.